The van der Waals surface area contributed by atoms with Crippen LogP contribution in [0.15, 0.2) is 30.3 Å². The van der Waals surface area contributed by atoms with E-state index in [1.54, 1.807) is 0 Å². The molecule has 88 valence electrons. The second-order valence-corrected chi connectivity index (χ2v) is 3.63. The highest BCUT2D eigenvalue weighted by Crippen LogP contribution is 2.13. The van der Waals surface area contributed by atoms with Crippen LogP contribution in [-0.4, -0.2) is 35.4 Å². The standard InChI is InChI=1S/C12H17NO3/c1-2-13(9-11(14)8-12(15)16)10-6-4-3-5-7-10/h3-7,11,14H,2,8-9H2,1H3,(H,15,16). The summed E-state index contributed by atoms with van der Waals surface area (Å²) in [6.07, 6.45) is -1.05. The minimum absolute atomic E-state index is 0.219. The van der Waals surface area contributed by atoms with Gasteiger partial charge in [0.1, 0.15) is 0 Å². The van der Waals surface area contributed by atoms with Gasteiger partial charge in [0, 0.05) is 18.8 Å². The van der Waals surface area contributed by atoms with E-state index in [1.807, 2.05) is 42.2 Å². The Morgan fingerprint density at radius 2 is 2.00 bits per heavy atom. The Morgan fingerprint density at radius 3 is 2.50 bits per heavy atom. The van der Waals surface area contributed by atoms with E-state index in [1.165, 1.54) is 0 Å². The zero-order valence-electron chi connectivity index (χ0n) is 9.34. The molecule has 0 aromatic heterocycles. The number of aliphatic hydroxyl groups is 1. The minimum atomic E-state index is -0.975. The van der Waals surface area contributed by atoms with Crippen LogP contribution in [0.2, 0.25) is 0 Å². The summed E-state index contributed by atoms with van der Waals surface area (Å²) < 4.78 is 0. The van der Waals surface area contributed by atoms with Crippen molar-refractivity contribution < 1.29 is 15.0 Å². The van der Waals surface area contributed by atoms with E-state index < -0.39 is 12.1 Å². The fourth-order valence-electron chi connectivity index (χ4n) is 1.58. The van der Waals surface area contributed by atoms with Crippen molar-refractivity contribution in [1.29, 1.82) is 0 Å². The molecule has 0 fully saturated rings. The molecule has 1 atom stereocenters. The summed E-state index contributed by atoms with van der Waals surface area (Å²) >= 11 is 0. The summed E-state index contributed by atoms with van der Waals surface area (Å²) in [6, 6.07) is 9.64. The average Bonchev–Trinajstić information content (AvgIpc) is 2.26. The van der Waals surface area contributed by atoms with Crippen LogP contribution in [0, 0.1) is 0 Å². The first-order valence-corrected chi connectivity index (χ1v) is 5.33. The fraction of sp³-hybridized carbons (Fsp3) is 0.417. The van der Waals surface area contributed by atoms with Gasteiger partial charge in [0.15, 0.2) is 0 Å². The molecule has 2 N–H and O–H groups in total. The van der Waals surface area contributed by atoms with Gasteiger partial charge in [-0.3, -0.25) is 4.79 Å². The maximum absolute atomic E-state index is 10.4. The van der Waals surface area contributed by atoms with Crippen LogP contribution in [0.4, 0.5) is 5.69 Å². The summed E-state index contributed by atoms with van der Waals surface area (Å²) in [5.74, 6) is -0.975. The number of anilines is 1. The maximum Gasteiger partial charge on any atom is 0.306 e. The summed E-state index contributed by atoms with van der Waals surface area (Å²) in [5, 5.41) is 18.1. The van der Waals surface area contributed by atoms with Crippen LogP contribution in [0.1, 0.15) is 13.3 Å². The molecule has 4 heteroatoms. The molecule has 1 aromatic carbocycles. The molecule has 0 saturated carbocycles. The molecule has 0 radical (unpaired) electrons. The molecule has 0 spiro atoms. The smallest absolute Gasteiger partial charge is 0.306 e. The molecule has 1 rings (SSSR count). The predicted octanol–water partition coefficient (Wildman–Crippen LogP) is 1.35. The monoisotopic (exact) mass is 223 g/mol. The highest BCUT2D eigenvalue weighted by Gasteiger charge is 2.13. The number of carboxylic acid groups (broad SMARTS) is 1. The Hall–Kier alpha value is -1.55. The zero-order valence-corrected chi connectivity index (χ0v) is 9.34. The number of hydrogen-bond acceptors (Lipinski definition) is 3. The molecule has 4 nitrogen and oxygen atoms in total. The number of carbonyl (C=O) groups is 1. The minimum Gasteiger partial charge on any atom is -0.481 e. The van der Waals surface area contributed by atoms with Crippen LogP contribution in [0.3, 0.4) is 0 Å². The van der Waals surface area contributed by atoms with E-state index in [9.17, 15) is 9.90 Å². The van der Waals surface area contributed by atoms with Crippen molar-refractivity contribution in [3.63, 3.8) is 0 Å². The Balaban J connectivity index is 2.59. The number of carboxylic acids is 1. The van der Waals surface area contributed by atoms with Crippen LogP contribution in [0.25, 0.3) is 0 Å². The number of benzene rings is 1. The van der Waals surface area contributed by atoms with Crippen molar-refractivity contribution >= 4 is 11.7 Å². The van der Waals surface area contributed by atoms with Gasteiger partial charge in [-0.15, -0.1) is 0 Å². The van der Waals surface area contributed by atoms with Crippen LogP contribution >= 0.6 is 0 Å². The predicted molar refractivity (Wildman–Crippen MR) is 62.6 cm³/mol. The quantitative estimate of drug-likeness (QED) is 0.764. The normalized spacial score (nSPS) is 12.1. The highest BCUT2D eigenvalue weighted by atomic mass is 16.4. The lowest BCUT2D eigenvalue weighted by Gasteiger charge is -2.25. The summed E-state index contributed by atoms with van der Waals surface area (Å²) in [5.41, 5.74) is 0.995. The number of aliphatic hydroxyl groups excluding tert-OH is 1. The number of nitrogens with zero attached hydrogens (tertiary/aromatic N) is 1. The number of hydrogen-bond donors (Lipinski definition) is 2. The van der Waals surface area contributed by atoms with Crippen molar-refractivity contribution in [3.05, 3.63) is 30.3 Å². The van der Waals surface area contributed by atoms with E-state index >= 15 is 0 Å². The Bertz CT molecular complexity index is 326. The number of rotatable bonds is 6. The summed E-state index contributed by atoms with van der Waals surface area (Å²) in [6.45, 7) is 3.05. The third kappa shape index (κ3) is 3.90. The van der Waals surface area contributed by atoms with E-state index in [0.29, 0.717) is 6.54 Å². The molecular weight excluding hydrogens is 206 g/mol. The van der Waals surface area contributed by atoms with Crippen molar-refractivity contribution in [3.8, 4) is 0 Å². The van der Waals surface area contributed by atoms with E-state index in [2.05, 4.69) is 0 Å². The molecule has 0 heterocycles. The van der Waals surface area contributed by atoms with Crippen LogP contribution in [-0.2, 0) is 4.79 Å². The molecule has 16 heavy (non-hydrogen) atoms. The zero-order chi connectivity index (χ0) is 12.0. The molecule has 0 saturated heterocycles. The summed E-state index contributed by atoms with van der Waals surface area (Å²) in [7, 11) is 0. The molecule has 0 bridgehead atoms. The first kappa shape index (κ1) is 12.5. The van der Waals surface area contributed by atoms with Gasteiger partial charge in [-0.1, -0.05) is 18.2 Å². The Labute approximate surface area is 95.1 Å². The second kappa shape index (κ2) is 6.12. The lowest BCUT2D eigenvalue weighted by molar-refractivity contribution is -0.139. The molecule has 1 aromatic rings. The van der Waals surface area contributed by atoms with Gasteiger partial charge >= 0.3 is 5.97 Å². The van der Waals surface area contributed by atoms with Gasteiger partial charge in [-0.25, -0.2) is 0 Å². The van der Waals surface area contributed by atoms with Crippen molar-refractivity contribution in [1.82, 2.24) is 0 Å². The number of likely N-dealkylation sites (N-methyl/N-ethyl adjacent to an activating group) is 1. The number of para-hydroxylation sites is 1. The second-order valence-electron chi connectivity index (χ2n) is 3.63. The Morgan fingerprint density at radius 1 is 1.38 bits per heavy atom. The molecule has 0 aliphatic rings. The molecule has 0 aliphatic carbocycles. The van der Waals surface area contributed by atoms with Crippen molar-refractivity contribution in [2.24, 2.45) is 0 Å². The maximum atomic E-state index is 10.4. The first-order valence-electron chi connectivity index (χ1n) is 5.33. The molecular formula is C12H17NO3. The van der Waals surface area contributed by atoms with Crippen LogP contribution in [0.5, 0.6) is 0 Å². The van der Waals surface area contributed by atoms with E-state index in [0.717, 1.165) is 12.2 Å². The lowest BCUT2D eigenvalue weighted by atomic mass is 10.2. The van der Waals surface area contributed by atoms with Gasteiger partial charge in [-0.05, 0) is 19.1 Å². The molecule has 0 amide bonds. The summed E-state index contributed by atoms with van der Waals surface area (Å²) in [4.78, 5) is 12.4. The van der Waals surface area contributed by atoms with Crippen molar-refractivity contribution in [2.75, 3.05) is 18.0 Å². The number of aliphatic carboxylic acids is 1. The molecule has 0 aliphatic heterocycles. The Kier molecular flexibility index (Phi) is 4.79. The molecule has 1 unspecified atom stereocenters. The topological polar surface area (TPSA) is 60.8 Å². The van der Waals surface area contributed by atoms with Crippen molar-refractivity contribution in [2.45, 2.75) is 19.4 Å². The van der Waals surface area contributed by atoms with Crippen LogP contribution < -0.4 is 4.90 Å². The third-order valence-corrected chi connectivity index (χ3v) is 2.34. The fourth-order valence-corrected chi connectivity index (χ4v) is 1.58. The highest BCUT2D eigenvalue weighted by molar-refractivity contribution is 5.67. The average molecular weight is 223 g/mol. The largest absolute Gasteiger partial charge is 0.481 e. The SMILES string of the molecule is CCN(CC(O)CC(=O)O)c1ccccc1. The van der Waals surface area contributed by atoms with Gasteiger partial charge in [0.25, 0.3) is 0 Å². The van der Waals surface area contributed by atoms with Gasteiger partial charge in [0.2, 0.25) is 0 Å². The van der Waals surface area contributed by atoms with E-state index in [-0.39, 0.29) is 6.42 Å². The van der Waals surface area contributed by atoms with Gasteiger partial charge in [0.05, 0.1) is 12.5 Å². The third-order valence-electron chi connectivity index (χ3n) is 2.34. The first-order chi connectivity index (χ1) is 7.63. The lowest BCUT2D eigenvalue weighted by Crippen LogP contribution is -2.33. The van der Waals surface area contributed by atoms with Gasteiger partial charge < -0.3 is 15.1 Å². The van der Waals surface area contributed by atoms with Gasteiger partial charge in [-0.2, -0.15) is 0 Å². The van der Waals surface area contributed by atoms with E-state index in [4.69, 9.17) is 5.11 Å².